The van der Waals surface area contributed by atoms with E-state index in [1.807, 2.05) is 0 Å². The van der Waals surface area contributed by atoms with Gasteiger partial charge < -0.3 is 11.6 Å². The predicted molar refractivity (Wildman–Crippen MR) is 32.7 cm³/mol. The van der Waals surface area contributed by atoms with Gasteiger partial charge in [-0.3, -0.25) is 9.59 Å². The van der Waals surface area contributed by atoms with E-state index in [-0.39, 0.29) is 65.7 Å². The van der Waals surface area contributed by atoms with Crippen molar-refractivity contribution >= 4 is 11.9 Å². The first-order chi connectivity index (χ1) is 4.59. The van der Waals surface area contributed by atoms with Crippen LogP contribution in [0, 0.1) is 5.41 Å². The molecule has 1 fully saturated rings. The maximum Gasteiger partial charge on any atom is 1.00 e. The van der Waals surface area contributed by atoms with Gasteiger partial charge in [-0.1, -0.05) is 0 Å². The second-order valence-corrected chi connectivity index (χ2v) is 2.55. The third-order valence-electron chi connectivity index (χ3n) is 2.03. The molecule has 0 aromatic heterocycles. The van der Waals surface area contributed by atoms with Crippen molar-refractivity contribution in [3.05, 3.63) is 0 Å². The average Bonchev–Trinajstić information content (AvgIpc) is 1.57. The maximum absolute atomic E-state index is 10.4. The van der Waals surface area contributed by atoms with Gasteiger partial charge in [-0.05, 0) is 19.3 Å². The Kier molecular flexibility index (Phi) is 4.21. The second kappa shape index (κ2) is 4.00. The third-order valence-corrected chi connectivity index (χ3v) is 2.03. The van der Waals surface area contributed by atoms with Crippen LogP contribution in [0.5, 0.6) is 0 Å². The van der Waals surface area contributed by atoms with Crippen LogP contribution in [-0.2, 0) is 9.59 Å². The van der Waals surface area contributed by atoms with Gasteiger partial charge in [0.25, 0.3) is 0 Å². The smallest absolute Gasteiger partial charge is 1.00 e. The summed E-state index contributed by atoms with van der Waals surface area (Å²) in [4.78, 5) is 20.7. The van der Waals surface area contributed by atoms with Crippen LogP contribution >= 0.6 is 0 Å². The minimum atomic E-state index is -1.44. The van der Waals surface area contributed by atoms with Crippen molar-refractivity contribution < 1.29 is 72.6 Å². The molecule has 0 aromatic carbocycles. The summed E-state index contributed by atoms with van der Waals surface area (Å²) in [5, 5.41) is 16.9. The molecule has 5 heteroatoms. The number of hydrogen-bond acceptors (Lipinski definition) is 2. The van der Waals surface area contributed by atoms with Crippen molar-refractivity contribution in [2.75, 3.05) is 0 Å². The third kappa shape index (κ3) is 1.84. The van der Waals surface area contributed by atoms with Crippen molar-refractivity contribution in [1.82, 2.24) is 0 Å². The minimum absolute atomic E-state index is 0. The molecule has 1 saturated carbocycles. The van der Waals surface area contributed by atoms with Crippen molar-refractivity contribution in [1.29, 1.82) is 0 Å². The standard InChI is InChI=1S/C6H8O4.K.H/c7-4(8)6(5(9)10)2-1-3-6;;/h1-3H2,(H,7,8)(H,9,10);;/q;+1;-1. The van der Waals surface area contributed by atoms with Crippen LogP contribution in [0.2, 0.25) is 0 Å². The molecule has 1 aliphatic carbocycles. The van der Waals surface area contributed by atoms with Gasteiger partial charge in [0, 0.05) is 0 Å². The summed E-state index contributed by atoms with van der Waals surface area (Å²) in [6, 6.07) is 0. The summed E-state index contributed by atoms with van der Waals surface area (Å²) in [7, 11) is 0. The molecular weight excluding hydrogens is 175 g/mol. The number of rotatable bonds is 2. The van der Waals surface area contributed by atoms with Crippen LogP contribution in [0.25, 0.3) is 0 Å². The van der Waals surface area contributed by atoms with Crippen molar-refractivity contribution in [2.45, 2.75) is 19.3 Å². The van der Waals surface area contributed by atoms with Gasteiger partial charge in [0.05, 0.1) is 0 Å². The molecule has 1 aliphatic rings. The van der Waals surface area contributed by atoms with E-state index in [4.69, 9.17) is 10.2 Å². The molecule has 0 aromatic rings. The molecular formula is C6H9KO4. The fourth-order valence-electron chi connectivity index (χ4n) is 1.05. The Morgan fingerprint density at radius 3 is 1.55 bits per heavy atom. The maximum atomic E-state index is 10.4. The minimum Gasteiger partial charge on any atom is -1.00 e. The summed E-state index contributed by atoms with van der Waals surface area (Å²) >= 11 is 0. The quantitative estimate of drug-likeness (QED) is 0.366. The molecule has 0 spiro atoms. The number of hydrogen-bond donors (Lipinski definition) is 2. The van der Waals surface area contributed by atoms with Crippen LogP contribution in [-0.4, -0.2) is 22.2 Å². The van der Waals surface area contributed by atoms with Crippen LogP contribution in [0.1, 0.15) is 20.7 Å². The molecule has 0 amide bonds. The second-order valence-electron chi connectivity index (χ2n) is 2.55. The van der Waals surface area contributed by atoms with Gasteiger partial charge in [-0.25, -0.2) is 0 Å². The molecule has 4 nitrogen and oxygen atoms in total. The summed E-state index contributed by atoms with van der Waals surface area (Å²) in [6.45, 7) is 0. The Bertz CT molecular complexity index is 174. The number of carbonyl (C=O) groups is 2. The monoisotopic (exact) mass is 184 g/mol. The van der Waals surface area contributed by atoms with Gasteiger partial charge in [0.1, 0.15) is 0 Å². The van der Waals surface area contributed by atoms with E-state index in [1.54, 1.807) is 0 Å². The SMILES string of the molecule is O=C(O)C1(C(=O)O)CCC1.[H-].[K+]. The van der Waals surface area contributed by atoms with Crippen LogP contribution in [0.15, 0.2) is 0 Å². The Morgan fingerprint density at radius 1 is 1.18 bits per heavy atom. The van der Waals surface area contributed by atoms with E-state index in [9.17, 15) is 9.59 Å². The summed E-state index contributed by atoms with van der Waals surface area (Å²) in [6.07, 6.45) is 1.26. The predicted octanol–water partition coefficient (Wildman–Crippen LogP) is -2.56. The van der Waals surface area contributed by atoms with Crippen LogP contribution < -0.4 is 51.4 Å². The fourth-order valence-corrected chi connectivity index (χ4v) is 1.05. The van der Waals surface area contributed by atoms with Gasteiger partial charge >= 0.3 is 63.3 Å². The molecule has 2 N–H and O–H groups in total. The van der Waals surface area contributed by atoms with E-state index in [2.05, 4.69) is 0 Å². The normalized spacial score (nSPS) is 19.3. The first-order valence-electron chi connectivity index (χ1n) is 3.06. The van der Waals surface area contributed by atoms with Crippen molar-refractivity contribution in [2.24, 2.45) is 5.41 Å². The van der Waals surface area contributed by atoms with E-state index < -0.39 is 17.4 Å². The topological polar surface area (TPSA) is 74.6 Å². The Morgan fingerprint density at radius 2 is 1.55 bits per heavy atom. The van der Waals surface area contributed by atoms with Gasteiger partial charge in [0.15, 0.2) is 5.41 Å². The average molecular weight is 184 g/mol. The zero-order valence-corrected chi connectivity index (χ0v) is 9.46. The summed E-state index contributed by atoms with van der Waals surface area (Å²) in [5.74, 6) is -2.41. The Balaban J connectivity index is 0. The van der Waals surface area contributed by atoms with Gasteiger partial charge in [-0.2, -0.15) is 0 Å². The molecule has 0 saturated heterocycles. The largest absolute Gasteiger partial charge is 1.00 e. The van der Waals surface area contributed by atoms with Gasteiger partial charge in [0.2, 0.25) is 0 Å². The molecule has 0 aliphatic heterocycles. The zero-order valence-electron chi connectivity index (χ0n) is 7.33. The van der Waals surface area contributed by atoms with E-state index >= 15 is 0 Å². The molecule has 0 atom stereocenters. The number of carboxylic acids is 2. The van der Waals surface area contributed by atoms with E-state index in [0.717, 1.165) is 0 Å². The number of carboxylic acid groups (broad SMARTS) is 2. The summed E-state index contributed by atoms with van der Waals surface area (Å²) in [5.41, 5.74) is -1.44. The summed E-state index contributed by atoms with van der Waals surface area (Å²) < 4.78 is 0. The first-order valence-corrected chi connectivity index (χ1v) is 3.06. The van der Waals surface area contributed by atoms with Gasteiger partial charge in [-0.15, -0.1) is 0 Å². The van der Waals surface area contributed by atoms with E-state index in [1.165, 1.54) is 0 Å². The first kappa shape index (κ1) is 11.6. The van der Waals surface area contributed by atoms with Crippen molar-refractivity contribution in [3.8, 4) is 0 Å². The molecule has 0 heterocycles. The zero-order chi connectivity index (χ0) is 7.78. The fraction of sp³-hybridized carbons (Fsp3) is 0.667. The Labute approximate surface area is 108 Å². The molecule has 0 unspecified atom stereocenters. The molecule has 11 heavy (non-hydrogen) atoms. The molecule has 58 valence electrons. The number of aliphatic carboxylic acids is 2. The van der Waals surface area contributed by atoms with Crippen molar-refractivity contribution in [3.63, 3.8) is 0 Å². The molecule has 0 radical (unpaired) electrons. The molecule has 1 rings (SSSR count). The Hall–Kier alpha value is 0.576. The van der Waals surface area contributed by atoms with E-state index in [0.29, 0.717) is 6.42 Å². The van der Waals surface area contributed by atoms with Crippen LogP contribution in [0.3, 0.4) is 0 Å². The molecule has 0 bridgehead atoms. The van der Waals surface area contributed by atoms with Crippen LogP contribution in [0.4, 0.5) is 0 Å².